The molecular weight excluding hydrogens is 377 g/mol. The minimum Gasteiger partial charge on any atom is -0.379 e. The first kappa shape index (κ1) is 14.5. The van der Waals surface area contributed by atoms with E-state index in [0.29, 0.717) is 11.0 Å². The highest BCUT2D eigenvalue weighted by molar-refractivity contribution is 9.10. The molecular formula is C13H14Br2FN3. The normalized spacial score (nSPS) is 10.8. The van der Waals surface area contributed by atoms with E-state index < -0.39 is 0 Å². The summed E-state index contributed by atoms with van der Waals surface area (Å²) in [6.07, 6.45) is 0.876. The Bertz CT molecular complexity index is 596. The fourth-order valence-corrected chi connectivity index (χ4v) is 2.81. The van der Waals surface area contributed by atoms with Crippen LogP contribution in [0.25, 0.3) is 0 Å². The van der Waals surface area contributed by atoms with Crippen molar-refractivity contribution in [2.75, 3.05) is 5.32 Å². The van der Waals surface area contributed by atoms with Crippen molar-refractivity contribution < 1.29 is 4.39 Å². The van der Waals surface area contributed by atoms with E-state index in [-0.39, 0.29) is 5.82 Å². The first-order valence-electron chi connectivity index (χ1n) is 5.92. The molecule has 0 fully saturated rings. The maximum Gasteiger partial charge on any atom is 0.139 e. The minimum absolute atomic E-state index is 0.275. The summed E-state index contributed by atoms with van der Waals surface area (Å²) in [6.45, 7) is 2.65. The van der Waals surface area contributed by atoms with Crippen LogP contribution in [0.5, 0.6) is 0 Å². The lowest BCUT2D eigenvalue weighted by Crippen LogP contribution is -2.06. The number of nitrogens with one attached hydrogen (secondary N) is 1. The topological polar surface area (TPSA) is 29.9 Å². The van der Waals surface area contributed by atoms with Gasteiger partial charge in [0, 0.05) is 12.7 Å². The van der Waals surface area contributed by atoms with Gasteiger partial charge < -0.3 is 5.32 Å². The number of aryl methyl sites for hydroxylation is 2. The van der Waals surface area contributed by atoms with Gasteiger partial charge in [0.15, 0.2) is 0 Å². The van der Waals surface area contributed by atoms with Crippen molar-refractivity contribution in [3.63, 3.8) is 0 Å². The molecule has 1 aromatic heterocycles. The Hall–Kier alpha value is -0.880. The van der Waals surface area contributed by atoms with Gasteiger partial charge in [-0.05, 0) is 56.5 Å². The number of anilines is 1. The summed E-state index contributed by atoms with van der Waals surface area (Å²) in [5, 5.41) is 7.62. The summed E-state index contributed by atoms with van der Waals surface area (Å²) in [7, 11) is 1.91. The Kier molecular flexibility index (Phi) is 4.62. The molecule has 0 unspecified atom stereocenters. The Morgan fingerprint density at radius 1 is 1.37 bits per heavy atom. The number of hydrogen-bond acceptors (Lipinski definition) is 2. The molecule has 0 atom stereocenters. The SMILES string of the molecule is CCc1nn(C)c(CNc2ccc(Br)c(F)c2)c1Br. The van der Waals surface area contributed by atoms with E-state index in [2.05, 4.69) is 49.2 Å². The van der Waals surface area contributed by atoms with Gasteiger partial charge in [-0.1, -0.05) is 6.92 Å². The molecule has 2 rings (SSSR count). The third-order valence-electron chi connectivity index (χ3n) is 2.88. The maximum atomic E-state index is 13.4. The first-order valence-corrected chi connectivity index (χ1v) is 7.50. The van der Waals surface area contributed by atoms with E-state index >= 15 is 0 Å². The molecule has 0 aliphatic carbocycles. The lowest BCUT2D eigenvalue weighted by molar-refractivity contribution is 0.621. The van der Waals surface area contributed by atoms with Crippen LogP contribution in [0.15, 0.2) is 27.1 Å². The average Bonchev–Trinajstić information content (AvgIpc) is 2.66. The molecule has 1 N–H and O–H groups in total. The summed E-state index contributed by atoms with van der Waals surface area (Å²) in [5.41, 5.74) is 2.81. The molecule has 3 nitrogen and oxygen atoms in total. The Labute approximate surface area is 128 Å². The number of hydrogen-bond donors (Lipinski definition) is 1. The lowest BCUT2D eigenvalue weighted by Gasteiger charge is -2.08. The van der Waals surface area contributed by atoms with E-state index in [1.807, 2.05) is 17.8 Å². The predicted octanol–water partition coefficient (Wildman–Crippen LogP) is 4.26. The monoisotopic (exact) mass is 389 g/mol. The largest absolute Gasteiger partial charge is 0.379 e. The van der Waals surface area contributed by atoms with Crippen LogP contribution in [0.3, 0.4) is 0 Å². The van der Waals surface area contributed by atoms with Crippen LogP contribution in [-0.4, -0.2) is 9.78 Å². The van der Waals surface area contributed by atoms with E-state index in [4.69, 9.17) is 0 Å². The fraction of sp³-hybridized carbons (Fsp3) is 0.308. The molecule has 0 spiro atoms. The van der Waals surface area contributed by atoms with Crippen molar-refractivity contribution >= 4 is 37.5 Å². The van der Waals surface area contributed by atoms with Gasteiger partial charge in [-0.15, -0.1) is 0 Å². The van der Waals surface area contributed by atoms with Crippen LogP contribution in [0.1, 0.15) is 18.3 Å². The summed E-state index contributed by atoms with van der Waals surface area (Å²) in [4.78, 5) is 0. The standard InChI is InChI=1S/C13H14Br2FN3/c1-3-11-13(15)12(19(2)18-11)7-17-8-4-5-9(14)10(16)6-8/h4-6,17H,3,7H2,1-2H3. The number of rotatable bonds is 4. The highest BCUT2D eigenvalue weighted by Gasteiger charge is 2.12. The molecule has 0 amide bonds. The highest BCUT2D eigenvalue weighted by atomic mass is 79.9. The third kappa shape index (κ3) is 3.17. The molecule has 102 valence electrons. The molecule has 0 radical (unpaired) electrons. The summed E-state index contributed by atoms with van der Waals surface area (Å²) < 4.78 is 16.7. The van der Waals surface area contributed by atoms with Crippen molar-refractivity contribution in [2.45, 2.75) is 19.9 Å². The lowest BCUT2D eigenvalue weighted by atomic mass is 10.3. The van der Waals surface area contributed by atoms with Gasteiger partial charge in [-0.25, -0.2) is 4.39 Å². The van der Waals surface area contributed by atoms with Gasteiger partial charge in [-0.3, -0.25) is 4.68 Å². The third-order valence-corrected chi connectivity index (χ3v) is 4.44. The quantitative estimate of drug-likeness (QED) is 0.845. The number of halogens is 3. The van der Waals surface area contributed by atoms with Gasteiger partial charge in [0.1, 0.15) is 5.82 Å². The Balaban J connectivity index is 2.14. The highest BCUT2D eigenvalue weighted by Crippen LogP contribution is 2.24. The minimum atomic E-state index is -0.275. The summed E-state index contributed by atoms with van der Waals surface area (Å²) >= 11 is 6.69. The number of aromatic nitrogens is 2. The smallest absolute Gasteiger partial charge is 0.139 e. The zero-order chi connectivity index (χ0) is 14.0. The van der Waals surface area contributed by atoms with Crippen LogP contribution < -0.4 is 5.32 Å². The molecule has 19 heavy (non-hydrogen) atoms. The van der Waals surface area contributed by atoms with E-state index in [1.165, 1.54) is 6.07 Å². The number of benzene rings is 1. The zero-order valence-corrected chi connectivity index (χ0v) is 13.8. The second-order valence-corrected chi connectivity index (χ2v) is 5.81. The second kappa shape index (κ2) is 6.05. The Morgan fingerprint density at radius 2 is 2.11 bits per heavy atom. The molecule has 0 aliphatic heterocycles. The molecule has 6 heteroatoms. The van der Waals surface area contributed by atoms with Gasteiger partial charge >= 0.3 is 0 Å². The van der Waals surface area contributed by atoms with E-state index in [0.717, 1.165) is 28.0 Å². The molecule has 1 aromatic carbocycles. The van der Waals surface area contributed by atoms with Crippen molar-refractivity contribution in [3.05, 3.63) is 44.3 Å². The van der Waals surface area contributed by atoms with Crippen molar-refractivity contribution in [1.82, 2.24) is 9.78 Å². The van der Waals surface area contributed by atoms with Crippen LogP contribution in [0.4, 0.5) is 10.1 Å². The maximum absolute atomic E-state index is 13.4. The second-order valence-electron chi connectivity index (χ2n) is 4.17. The van der Waals surface area contributed by atoms with Gasteiger partial charge in [0.2, 0.25) is 0 Å². The summed E-state index contributed by atoms with van der Waals surface area (Å²) in [5.74, 6) is -0.275. The fourth-order valence-electron chi connectivity index (χ4n) is 1.80. The van der Waals surface area contributed by atoms with Crippen molar-refractivity contribution in [3.8, 4) is 0 Å². The van der Waals surface area contributed by atoms with Crippen molar-refractivity contribution in [2.24, 2.45) is 7.05 Å². The van der Waals surface area contributed by atoms with Gasteiger partial charge in [0.25, 0.3) is 0 Å². The Morgan fingerprint density at radius 3 is 2.68 bits per heavy atom. The average molecular weight is 391 g/mol. The molecule has 2 aromatic rings. The molecule has 1 heterocycles. The van der Waals surface area contributed by atoms with E-state index in [1.54, 1.807) is 6.07 Å². The van der Waals surface area contributed by atoms with Crippen LogP contribution in [0, 0.1) is 5.82 Å². The van der Waals surface area contributed by atoms with Crippen molar-refractivity contribution in [1.29, 1.82) is 0 Å². The first-order chi connectivity index (χ1) is 9.02. The van der Waals surface area contributed by atoms with Crippen LogP contribution in [0.2, 0.25) is 0 Å². The van der Waals surface area contributed by atoms with Gasteiger partial charge in [0.05, 0.1) is 26.9 Å². The molecule has 0 saturated heterocycles. The molecule has 0 saturated carbocycles. The zero-order valence-electron chi connectivity index (χ0n) is 10.7. The van der Waals surface area contributed by atoms with Gasteiger partial charge in [-0.2, -0.15) is 5.10 Å². The van der Waals surface area contributed by atoms with Crippen LogP contribution >= 0.6 is 31.9 Å². The number of nitrogens with zero attached hydrogens (tertiary/aromatic N) is 2. The van der Waals surface area contributed by atoms with Crippen LogP contribution in [-0.2, 0) is 20.0 Å². The predicted molar refractivity (Wildman–Crippen MR) is 81.7 cm³/mol. The summed E-state index contributed by atoms with van der Waals surface area (Å²) in [6, 6.07) is 4.99. The van der Waals surface area contributed by atoms with E-state index in [9.17, 15) is 4.39 Å². The molecule has 0 aliphatic rings. The molecule has 0 bridgehead atoms.